The van der Waals surface area contributed by atoms with Crippen molar-refractivity contribution in [1.29, 1.82) is 0 Å². The number of hydrogen-bond acceptors (Lipinski definition) is 4. The summed E-state index contributed by atoms with van der Waals surface area (Å²) in [5.74, 6) is -1.19. The molecule has 1 saturated heterocycles. The molecule has 1 amide bonds. The van der Waals surface area contributed by atoms with Crippen LogP contribution in [-0.4, -0.2) is 46.1 Å². The largest absolute Gasteiger partial charge is 0.490 e. The third kappa shape index (κ3) is 4.49. The van der Waals surface area contributed by atoms with E-state index in [9.17, 15) is 14.4 Å². The maximum Gasteiger partial charge on any atom is 0.308 e. The summed E-state index contributed by atoms with van der Waals surface area (Å²) in [6, 6.07) is 9.83. The average Bonchev–Trinajstić information content (AvgIpc) is 3.15. The Hall–Kier alpha value is -2.80. The molecule has 1 aromatic heterocycles. The number of aromatic nitrogens is 1. The number of hydrogen-bond donors (Lipinski definition) is 1. The first kappa shape index (κ1) is 19.0. The lowest BCUT2D eigenvalue weighted by Crippen LogP contribution is -2.31. The fourth-order valence-corrected chi connectivity index (χ4v) is 3.17. The third-order valence-corrected chi connectivity index (χ3v) is 4.79. The van der Waals surface area contributed by atoms with E-state index < -0.39 is 11.9 Å². The second kappa shape index (κ2) is 8.26. The van der Waals surface area contributed by atoms with E-state index in [0.29, 0.717) is 29.3 Å². The molecule has 27 heavy (non-hydrogen) atoms. The fraction of sp³-hybridized carbons (Fsp3) is 0.316. The summed E-state index contributed by atoms with van der Waals surface area (Å²) in [4.78, 5) is 37.2. The van der Waals surface area contributed by atoms with Gasteiger partial charge in [-0.25, -0.2) is 0 Å². The molecule has 142 valence electrons. The number of nitrogens with zero attached hydrogens (tertiary/aromatic N) is 2. The van der Waals surface area contributed by atoms with Gasteiger partial charge in [-0.3, -0.25) is 14.4 Å². The zero-order valence-electron chi connectivity index (χ0n) is 14.5. The molecule has 1 aromatic carbocycles. The number of rotatable bonds is 6. The average molecular weight is 391 g/mol. The first-order valence-electron chi connectivity index (χ1n) is 8.55. The van der Waals surface area contributed by atoms with Crippen LogP contribution in [0.3, 0.4) is 0 Å². The van der Waals surface area contributed by atoms with Gasteiger partial charge in [0.2, 0.25) is 0 Å². The van der Waals surface area contributed by atoms with Crippen LogP contribution in [0.15, 0.2) is 47.4 Å². The number of ether oxygens (including phenoxy) is 1. The zero-order valence-corrected chi connectivity index (χ0v) is 15.3. The molecule has 1 fully saturated rings. The number of aliphatic carboxylic acids is 1. The molecular formula is C19H19ClN2O5. The molecule has 0 bridgehead atoms. The minimum atomic E-state index is -0.896. The number of halogens is 1. The number of amides is 1. The van der Waals surface area contributed by atoms with E-state index in [4.69, 9.17) is 21.4 Å². The van der Waals surface area contributed by atoms with Crippen LogP contribution in [0.2, 0.25) is 5.02 Å². The van der Waals surface area contributed by atoms with Crippen molar-refractivity contribution in [2.24, 2.45) is 5.92 Å². The van der Waals surface area contributed by atoms with Gasteiger partial charge in [-0.05, 0) is 24.6 Å². The number of likely N-dealkylation sites (tertiary alicyclic amines) is 1. The van der Waals surface area contributed by atoms with Crippen molar-refractivity contribution in [3.05, 3.63) is 63.5 Å². The molecule has 7 nitrogen and oxygen atoms in total. The lowest BCUT2D eigenvalue weighted by Gasteiger charge is -2.17. The Kier molecular flexibility index (Phi) is 5.81. The minimum absolute atomic E-state index is 0.183. The molecule has 1 unspecified atom stereocenters. The van der Waals surface area contributed by atoms with Crippen LogP contribution in [0, 0.1) is 5.92 Å². The highest BCUT2D eigenvalue weighted by Gasteiger charge is 2.31. The zero-order chi connectivity index (χ0) is 19.4. The van der Waals surface area contributed by atoms with Crippen LogP contribution in [0.4, 0.5) is 0 Å². The summed E-state index contributed by atoms with van der Waals surface area (Å²) in [5.41, 5.74) is 0.0949. The van der Waals surface area contributed by atoms with Crippen molar-refractivity contribution in [2.75, 3.05) is 19.7 Å². The van der Waals surface area contributed by atoms with Gasteiger partial charge in [-0.2, -0.15) is 0 Å². The summed E-state index contributed by atoms with van der Waals surface area (Å²) >= 11 is 6.03. The molecule has 2 aromatic rings. The molecule has 0 radical (unpaired) electrons. The molecule has 0 aliphatic carbocycles. The lowest BCUT2D eigenvalue weighted by molar-refractivity contribution is -0.141. The van der Waals surface area contributed by atoms with Crippen LogP contribution in [-0.2, 0) is 11.3 Å². The number of pyridine rings is 1. The molecule has 2 heterocycles. The van der Waals surface area contributed by atoms with Crippen molar-refractivity contribution in [3.8, 4) is 5.75 Å². The van der Waals surface area contributed by atoms with Crippen LogP contribution in [0.1, 0.15) is 16.8 Å². The molecule has 1 aliphatic heterocycles. The van der Waals surface area contributed by atoms with E-state index in [2.05, 4.69) is 0 Å². The Morgan fingerprint density at radius 3 is 2.70 bits per heavy atom. The monoisotopic (exact) mass is 390 g/mol. The number of carbonyl (C=O) groups excluding carboxylic acids is 1. The standard InChI is InChI=1S/C19H19ClN2O5/c20-15-3-1-2-4-16(15)27-10-9-21-11-13(5-6-17(21)23)18(24)22-8-7-14(12-22)19(25)26/h1-6,11,14H,7-10,12H2,(H,25,26). The summed E-state index contributed by atoms with van der Waals surface area (Å²) in [6.07, 6.45) is 1.92. The number of carbonyl (C=O) groups is 2. The number of carboxylic acid groups (broad SMARTS) is 1. The van der Waals surface area contributed by atoms with E-state index in [0.717, 1.165) is 0 Å². The van der Waals surface area contributed by atoms with Crippen LogP contribution in [0.5, 0.6) is 5.75 Å². The van der Waals surface area contributed by atoms with Gasteiger partial charge >= 0.3 is 5.97 Å². The molecule has 1 atom stereocenters. The molecule has 0 spiro atoms. The van der Waals surface area contributed by atoms with Crippen LogP contribution in [0.25, 0.3) is 0 Å². The van der Waals surface area contributed by atoms with Gasteiger partial charge in [0.15, 0.2) is 0 Å². The van der Waals surface area contributed by atoms with Crippen molar-refractivity contribution < 1.29 is 19.4 Å². The molecule has 8 heteroatoms. The van der Waals surface area contributed by atoms with Gasteiger partial charge in [0.1, 0.15) is 12.4 Å². The maximum absolute atomic E-state index is 12.6. The lowest BCUT2D eigenvalue weighted by atomic mass is 10.1. The summed E-state index contributed by atoms with van der Waals surface area (Å²) in [7, 11) is 0. The maximum atomic E-state index is 12.6. The first-order valence-corrected chi connectivity index (χ1v) is 8.93. The second-order valence-electron chi connectivity index (χ2n) is 6.30. The van der Waals surface area contributed by atoms with E-state index in [1.165, 1.54) is 27.8 Å². The van der Waals surface area contributed by atoms with E-state index in [1.54, 1.807) is 24.3 Å². The fourth-order valence-electron chi connectivity index (χ4n) is 2.98. The SMILES string of the molecule is O=C(O)C1CCN(C(=O)c2ccc(=O)n(CCOc3ccccc3Cl)c2)C1. The van der Waals surface area contributed by atoms with Gasteiger partial charge < -0.3 is 19.3 Å². The predicted octanol–water partition coefficient (Wildman–Crippen LogP) is 2.13. The molecule has 3 rings (SSSR count). The van der Waals surface area contributed by atoms with Gasteiger partial charge in [0.05, 0.1) is 23.0 Å². The quantitative estimate of drug-likeness (QED) is 0.816. The molecule has 1 aliphatic rings. The summed E-state index contributed by atoms with van der Waals surface area (Å²) in [6.45, 7) is 1.04. The van der Waals surface area contributed by atoms with Crippen molar-refractivity contribution >= 4 is 23.5 Å². The Balaban J connectivity index is 1.65. The van der Waals surface area contributed by atoms with Gasteiger partial charge in [0, 0.05) is 25.4 Å². The number of benzene rings is 1. The number of carboxylic acids is 1. The first-order chi connectivity index (χ1) is 13.0. The van der Waals surface area contributed by atoms with Crippen molar-refractivity contribution in [1.82, 2.24) is 9.47 Å². The summed E-state index contributed by atoms with van der Waals surface area (Å²) < 4.78 is 6.98. The van der Waals surface area contributed by atoms with Crippen molar-refractivity contribution in [3.63, 3.8) is 0 Å². The highest BCUT2D eigenvalue weighted by molar-refractivity contribution is 6.32. The highest BCUT2D eigenvalue weighted by atomic mass is 35.5. The molecular weight excluding hydrogens is 372 g/mol. The topological polar surface area (TPSA) is 88.8 Å². The molecule has 1 N–H and O–H groups in total. The Bertz CT molecular complexity index is 911. The van der Waals surface area contributed by atoms with Gasteiger partial charge in [-0.1, -0.05) is 23.7 Å². The van der Waals surface area contributed by atoms with Crippen LogP contribution < -0.4 is 10.3 Å². The summed E-state index contributed by atoms with van der Waals surface area (Å²) in [5, 5.41) is 9.55. The van der Waals surface area contributed by atoms with Gasteiger partial charge in [0.25, 0.3) is 11.5 Å². The van der Waals surface area contributed by atoms with E-state index in [1.807, 2.05) is 0 Å². The second-order valence-corrected chi connectivity index (χ2v) is 6.71. The predicted molar refractivity (Wildman–Crippen MR) is 99.3 cm³/mol. The third-order valence-electron chi connectivity index (χ3n) is 4.48. The Morgan fingerprint density at radius 2 is 2.00 bits per heavy atom. The molecule has 0 saturated carbocycles. The van der Waals surface area contributed by atoms with Gasteiger partial charge in [-0.15, -0.1) is 0 Å². The Labute approximate surface area is 160 Å². The van der Waals surface area contributed by atoms with Crippen LogP contribution >= 0.6 is 11.6 Å². The van der Waals surface area contributed by atoms with E-state index >= 15 is 0 Å². The smallest absolute Gasteiger partial charge is 0.308 e. The Morgan fingerprint density at radius 1 is 1.22 bits per heavy atom. The highest BCUT2D eigenvalue weighted by Crippen LogP contribution is 2.23. The van der Waals surface area contributed by atoms with E-state index in [-0.39, 0.29) is 31.2 Å². The number of para-hydroxylation sites is 1. The normalized spacial score (nSPS) is 16.3. The minimum Gasteiger partial charge on any atom is -0.490 e. The van der Waals surface area contributed by atoms with Crippen molar-refractivity contribution in [2.45, 2.75) is 13.0 Å².